The van der Waals surface area contributed by atoms with Crippen LogP contribution in [0.25, 0.3) is 0 Å². The van der Waals surface area contributed by atoms with Crippen LogP contribution < -0.4 is 4.90 Å². The molecule has 3 nitrogen and oxygen atoms in total. The molecule has 0 bridgehead atoms. The molecule has 1 fully saturated rings. The Kier molecular flexibility index (Phi) is 3.63. The van der Waals surface area contributed by atoms with E-state index < -0.39 is 6.17 Å². The van der Waals surface area contributed by atoms with Crippen molar-refractivity contribution in [2.75, 3.05) is 24.2 Å². The van der Waals surface area contributed by atoms with E-state index in [1.54, 1.807) is 0 Å². The van der Waals surface area contributed by atoms with Crippen LogP contribution in [0.2, 0.25) is 0 Å². The van der Waals surface area contributed by atoms with Crippen molar-refractivity contribution in [3.63, 3.8) is 0 Å². The number of thioether (sulfide) groups is 1. The van der Waals surface area contributed by atoms with Crippen molar-refractivity contribution >= 4 is 17.6 Å². The summed E-state index contributed by atoms with van der Waals surface area (Å²) in [6.07, 6.45) is 2.54. The van der Waals surface area contributed by atoms with Crippen molar-refractivity contribution in [3.05, 3.63) is 11.8 Å². The summed E-state index contributed by atoms with van der Waals surface area (Å²) in [6, 6.07) is 1.97. The highest BCUT2D eigenvalue weighted by Crippen LogP contribution is 2.22. The molecule has 2 heterocycles. The summed E-state index contributed by atoms with van der Waals surface area (Å²) in [4.78, 5) is 10.9. The predicted octanol–water partition coefficient (Wildman–Crippen LogP) is 2.45. The lowest BCUT2D eigenvalue weighted by molar-refractivity contribution is 0.276. The molecule has 1 aliphatic heterocycles. The average molecular weight is 241 g/mol. The second-order valence-electron chi connectivity index (χ2n) is 4.02. The van der Waals surface area contributed by atoms with Gasteiger partial charge in [0.25, 0.3) is 0 Å². The van der Waals surface area contributed by atoms with E-state index in [0.29, 0.717) is 12.8 Å². The molecule has 0 radical (unpaired) electrons. The largest absolute Gasteiger partial charge is 0.356 e. The second kappa shape index (κ2) is 4.99. The fraction of sp³-hybridized carbons (Fsp3) is 0.636. The maximum Gasteiger partial charge on any atom is 0.189 e. The summed E-state index contributed by atoms with van der Waals surface area (Å²) in [5, 5.41) is 0.789. The summed E-state index contributed by atoms with van der Waals surface area (Å²) in [7, 11) is 0. The minimum atomic E-state index is -0.640. The highest BCUT2D eigenvalue weighted by atomic mass is 32.2. The van der Waals surface area contributed by atoms with Crippen molar-refractivity contribution < 1.29 is 4.39 Å². The molecule has 16 heavy (non-hydrogen) atoms. The molecule has 0 unspecified atom stereocenters. The Bertz CT molecular complexity index is 364. The molecule has 1 saturated heterocycles. The molecule has 0 saturated carbocycles. The first kappa shape index (κ1) is 11.6. The SMILES string of the molecule is CSc1nc(C)cc(N2CCC(F)CC2)n1. The third-order valence-electron chi connectivity index (χ3n) is 2.75. The number of rotatable bonds is 2. The minimum absolute atomic E-state index is 0.609. The Morgan fingerprint density at radius 2 is 2.06 bits per heavy atom. The molecule has 0 amide bonds. The van der Waals surface area contributed by atoms with Crippen LogP contribution in [0.5, 0.6) is 0 Å². The molecule has 1 aromatic heterocycles. The van der Waals surface area contributed by atoms with Crippen molar-refractivity contribution in [1.29, 1.82) is 0 Å². The van der Waals surface area contributed by atoms with Gasteiger partial charge in [-0.2, -0.15) is 0 Å². The van der Waals surface area contributed by atoms with Gasteiger partial charge in [-0.15, -0.1) is 0 Å². The lowest BCUT2D eigenvalue weighted by Crippen LogP contribution is -2.35. The molecule has 0 N–H and O–H groups in total. The molecule has 1 aromatic rings. The zero-order valence-electron chi connectivity index (χ0n) is 9.61. The number of piperidine rings is 1. The van der Waals surface area contributed by atoms with E-state index in [1.165, 1.54) is 11.8 Å². The first-order valence-corrected chi connectivity index (χ1v) is 6.70. The Labute approximate surface area is 99.5 Å². The number of halogens is 1. The molecular weight excluding hydrogens is 225 g/mol. The summed E-state index contributed by atoms with van der Waals surface area (Å²) >= 11 is 1.54. The fourth-order valence-electron chi connectivity index (χ4n) is 1.86. The Hall–Kier alpha value is -0.840. The highest BCUT2D eigenvalue weighted by Gasteiger charge is 2.19. The van der Waals surface area contributed by atoms with Crippen LogP contribution in [-0.4, -0.2) is 35.5 Å². The highest BCUT2D eigenvalue weighted by molar-refractivity contribution is 7.98. The van der Waals surface area contributed by atoms with Crippen LogP contribution in [0.15, 0.2) is 11.2 Å². The average Bonchev–Trinajstić information content (AvgIpc) is 2.29. The lowest BCUT2D eigenvalue weighted by atomic mass is 10.1. The van der Waals surface area contributed by atoms with E-state index in [0.717, 1.165) is 29.8 Å². The molecule has 1 aliphatic rings. The number of hydrogen-bond donors (Lipinski definition) is 0. The molecule has 5 heteroatoms. The third kappa shape index (κ3) is 2.64. The topological polar surface area (TPSA) is 29.0 Å². The van der Waals surface area contributed by atoms with Crippen LogP contribution in [0.4, 0.5) is 10.2 Å². The number of aromatic nitrogens is 2. The Balaban J connectivity index is 2.16. The van der Waals surface area contributed by atoms with Crippen molar-refractivity contribution in [2.45, 2.75) is 31.1 Å². The van der Waals surface area contributed by atoms with Crippen molar-refractivity contribution in [2.24, 2.45) is 0 Å². The summed E-state index contributed by atoms with van der Waals surface area (Å²) < 4.78 is 13.0. The van der Waals surface area contributed by atoms with Gasteiger partial charge in [0, 0.05) is 24.8 Å². The van der Waals surface area contributed by atoms with E-state index in [1.807, 2.05) is 19.2 Å². The smallest absolute Gasteiger partial charge is 0.189 e. The molecular formula is C11H16FN3S. The van der Waals surface area contributed by atoms with E-state index in [2.05, 4.69) is 14.9 Å². The van der Waals surface area contributed by atoms with E-state index in [4.69, 9.17) is 0 Å². The molecule has 0 aromatic carbocycles. The van der Waals surface area contributed by atoms with E-state index in [9.17, 15) is 4.39 Å². The van der Waals surface area contributed by atoms with Gasteiger partial charge in [0.2, 0.25) is 0 Å². The van der Waals surface area contributed by atoms with Gasteiger partial charge in [-0.3, -0.25) is 0 Å². The summed E-state index contributed by atoms with van der Waals surface area (Å²) in [6.45, 7) is 3.48. The quantitative estimate of drug-likeness (QED) is 0.587. The van der Waals surface area contributed by atoms with Crippen LogP contribution in [0, 0.1) is 6.92 Å². The predicted molar refractivity (Wildman–Crippen MR) is 64.9 cm³/mol. The van der Waals surface area contributed by atoms with Gasteiger partial charge in [0.1, 0.15) is 12.0 Å². The van der Waals surface area contributed by atoms with E-state index in [-0.39, 0.29) is 0 Å². The van der Waals surface area contributed by atoms with Crippen LogP contribution >= 0.6 is 11.8 Å². The monoisotopic (exact) mass is 241 g/mol. The Morgan fingerprint density at radius 3 is 2.69 bits per heavy atom. The van der Waals surface area contributed by atoms with Crippen LogP contribution in [0.1, 0.15) is 18.5 Å². The summed E-state index contributed by atoms with van der Waals surface area (Å²) in [5.41, 5.74) is 0.969. The number of aryl methyl sites for hydroxylation is 1. The number of nitrogens with zero attached hydrogens (tertiary/aromatic N) is 3. The first-order valence-electron chi connectivity index (χ1n) is 5.47. The van der Waals surface area contributed by atoms with Gasteiger partial charge >= 0.3 is 0 Å². The van der Waals surface area contributed by atoms with Gasteiger partial charge in [0.15, 0.2) is 5.16 Å². The standard InChI is InChI=1S/C11H16FN3S/c1-8-7-10(14-11(13-8)16-2)15-5-3-9(12)4-6-15/h7,9H,3-6H2,1-2H3. The molecule has 0 spiro atoms. The Morgan fingerprint density at radius 1 is 1.38 bits per heavy atom. The van der Waals surface area contributed by atoms with Gasteiger partial charge in [0.05, 0.1) is 0 Å². The molecule has 0 atom stereocenters. The zero-order valence-corrected chi connectivity index (χ0v) is 10.4. The van der Waals surface area contributed by atoms with Gasteiger partial charge in [-0.25, -0.2) is 14.4 Å². The minimum Gasteiger partial charge on any atom is -0.356 e. The van der Waals surface area contributed by atoms with Gasteiger partial charge in [-0.05, 0) is 26.0 Å². The van der Waals surface area contributed by atoms with Crippen LogP contribution in [-0.2, 0) is 0 Å². The number of alkyl halides is 1. The van der Waals surface area contributed by atoms with E-state index >= 15 is 0 Å². The molecule has 0 aliphatic carbocycles. The normalized spacial score (nSPS) is 17.8. The first-order chi connectivity index (χ1) is 7.69. The summed E-state index contributed by atoms with van der Waals surface area (Å²) in [5.74, 6) is 0.934. The zero-order chi connectivity index (χ0) is 11.5. The van der Waals surface area contributed by atoms with Crippen LogP contribution in [0.3, 0.4) is 0 Å². The third-order valence-corrected chi connectivity index (χ3v) is 3.30. The van der Waals surface area contributed by atoms with Gasteiger partial charge in [-0.1, -0.05) is 11.8 Å². The van der Waals surface area contributed by atoms with Crippen molar-refractivity contribution in [1.82, 2.24) is 9.97 Å². The molecule has 88 valence electrons. The maximum atomic E-state index is 13.0. The fourth-order valence-corrected chi connectivity index (χ4v) is 2.28. The maximum absolute atomic E-state index is 13.0. The second-order valence-corrected chi connectivity index (χ2v) is 4.79. The molecule has 2 rings (SSSR count). The van der Waals surface area contributed by atoms with Gasteiger partial charge < -0.3 is 4.90 Å². The number of hydrogen-bond acceptors (Lipinski definition) is 4. The van der Waals surface area contributed by atoms with Crippen molar-refractivity contribution in [3.8, 4) is 0 Å². The lowest BCUT2D eigenvalue weighted by Gasteiger charge is -2.29. The number of anilines is 1.